The molecule has 3 rings (SSSR count). The van der Waals surface area contributed by atoms with Gasteiger partial charge in [-0.15, -0.1) is 11.3 Å². The van der Waals surface area contributed by atoms with Crippen LogP contribution in [0.15, 0.2) is 28.2 Å². The summed E-state index contributed by atoms with van der Waals surface area (Å²) in [5.41, 5.74) is 0.325. The van der Waals surface area contributed by atoms with Crippen LogP contribution < -0.4 is 5.32 Å². The predicted octanol–water partition coefficient (Wildman–Crippen LogP) is 3.49. The molecule has 1 aliphatic rings. The van der Waals surface area contributed by atoms with Crippen molar-refractivity contribution in [3.8, 4) is 0 Å². The number of carbonyl (C=O) groups excluding carboxylic acids is 1. The van der Waals surface area contributed by atoms with Gasteiger partial charge in [0.1, 0.15) is 5.69 Å². The highest BCUT2D eigenvalue weighted by molar-refractivity contribution is 9.11. The van der Waals surface area contributed by atoms with E-state index in [2.05, 4.69) is 21.2 Å². The molecule has 0 atom stereocenters. The highest BCUT2D eigenvalue weighted by Crippen LogP contribution is 2.37. The van der Waals surface area contributed by atoms with E-state index in [9.17, 15) is 14.9 Å². The number of nitrogens with zero attached hydrogens (tertiary/aromatic N) is 2. The van der Waals surface area contributed by atoms with E-state index in [4.69, 9.17) is 0 Å². The average molecular weight is 370 g/mol. The third kappa shape index (κ3) is 3.16. The molecule has 0 radical (unpaired) electrons. The van der Waals surface area contributed by atoms with Crippen LogP contribution >= 0.6 is 27.3 Å². The van der Waals surface area contributed by atoms with Crippen LogP contribution in [0.25, 0.3) is 0 Å². The van der Waals surface area contributed by atoms with Gasteiger partial charge >= 0.3 is 0 Å². The number of aromatic nitrogens is 1. The van der Waals surface area contributed by atoms with Gasteiger partial charge in [0.15, 0.2) is 0 Å². The Balaban J connectivity index is 1.75. The van der Waals surface area contributed by atoms with E-state index in [0.717, 1.165) is 21.5 Å². The quantitative estimate of drug-likeness (QED) is 0.647. The molecule has 0 saturated heterocycles. The van der Waals surface area contributed by atoms with Crippen molar-refractivity contribution in [2.75, 3.05) is 0 Å². The Morgan fingerprint density at radius 2 is 2.29 bits per heavy atom. The Bertz CT molecular complexity index is 705. The van der Waals surface area contributed by atoms with Crippen LogP contribution in [0.2, 0.25) is 0 Å². The fourth-order valence-corrected chi connectivity index (χ4v) is 3.53. The fraction of sp³-hybridized carbons (Fsp3) is 0.308. The zero-order valence-electron chi connectivity index (χ0n) is 10.9. The van der Waals surface area contributed by atoms with E-state index in [1.807, 2.05) is 12.1 Å². The molecular formula is C13H12BrN3O3S. The smallest absolute Gasteiger partial charge is 0.287 e. The number of rotatable bonds is 5. The molecule has 21 heavy (non-hydrogen) atoms. The van der Waals surface area contributed by atoms with Gasteiger partial charge in [0.05, 0.1) is 21.5 Å². The minimum Gasteiger partial charge on any atom is -0.346 e. The van der Waals surface area contributed by atoms with Gasteiger partial charge in [-0.25, -0.2) is 0 Å². The maximum absolute atomic E-state index is 12.3. The number of nitrogens with one attached hydrogen (secondary N) is 1. The Kier molecular flexibility index (Phi) is 3.81. The second kappa shape index (κ2) is 5.61. The van der Waals surface area contributed by atoms with E-state index in [-0.39, 0.29) is 17.6 Å². The molecule has 1 saturated carbocycles. The standard InChI is InChI=1S/C13H12BrN3O3S/c14-12-4-3-10(21-12)6-15-13(18)11-5-9(17(19)20)7-16(11)8-1-2-8/h3-5,7-8H,1-2,6H2,(H,15,18). The third-order valence-electron chi connectivity index (χ3n) is 3.27. The summed E-state index contributed by atoms with van der Waals surface area (Å²) in [5.74, 6) is -0.278. The van der Waals surface area contributed by atoms with Crippen LogP contribution in [0.1, 0.15) is 34.2 Å². The molecule has 2 aromatic rings. The van der Waals surface area contributed by atoms with Gasteiger partial charge in [0.25, 0.3) is 11.6 Å². The Labute approximate surface area is 133 Å². The lowest BCUT2D eigenvalue weighted by molar-refractivity contribution is -0.384. The van der Waals surface area contributed by atoms with Crippen molar-refractivity contribution in [3.63, 3.8) is 0 Å². The van der Waals surface area contributed by atoms with Crippen molar-refractivity contribution in [2.24, 2.45) is 0 Å². The normalized spacial score (nSPS) is 14.1. The maximum Gasteiger partial charge on any atom is 0.287 e. The first-order valence-corrected chi connectivity index (χ1v) is 8.04. The lowest BCUT2D eigenvalue weighted by atomic mass is 10.3. The molecule has 1 amide bonds. The van der Waals surface area contributed by atoms with Crippen molar-refractivity contribution in [1.29, 1.82) is 0 Å². The predicted molar refractivity (Wildman–Crippen MR) is 82.5 cm³/mol. The number of carbonyl (C=O) groups is 1. The van der Waals surface area contributed by atoms with E-state index in [1.165, 1.54) is 12.3 Å². The minimum absolute atomic E-state index is 0.0362. The summed E-state index contributed by atoms with van der Waals surface area (Å²) < 4.78 is 2.72. The van der Waals surface area contributed by atoms with E-state index < -0.39 is 4.92 Å². The first-order valence-electron chi connectivity index (χ1n) is 6.43. The maximum atomic E-state index is 12.3. The lowest BCUT2D eigenvalue weighted by Crippen LogP contribution is -2.24. The summed E-state index contributed by atoms with van der Waals surface area (Å²) >= 11 is 4.91. The average Bonchev–Trinajstić information content (AvgIpc) is 3.05. The number of thiophene rings is 1. The molecule has 110 valence electrons. The van der Waals surface area contributed by atoms with Crippen molar-refractivity contribution in [3.05, 3.63) is 48.9 Å². The van der Waals surface area contributed by atoms with Crippen molar-refractivity contribution in [2.45, 2.75) is 25.4 Å². The molecule has 2 aromatic heterocycles. The summed E-state index contributed by atoms with van der Waals surface area (Å²) in [4.78, 5) is 23.7. The van der Waals surface area contributed by atoms with E-state index >= 15 is 0 Å². The SMILES string of the molecule is O=C(NCc1ccc(Br)s1)c1cc([N+](=O)[O-])cn1C1CC1. The topological polar surface area (TPSA) is 77.2 Å². The van der Waals surface area contributed by atoms with Crippen LogP contribution in [0, 0.1) is 10.1 Å². The molecule has 0 bridgehead atoms. The molecule has 1 aliphatic carbocycles. The molecule has 0 spiro atoms. The largest absolute Gasteiger partial charge is 0.346 e. The van der Waals surface area contributed by atoms with Crippen molar-refractivity contribution < 1.29 is 9.72 Å². The first-order chi connectivity index (χ1) is 10.0. The van der Waals surface area contributed by atoms with Crippen LogP contribution in [0.4, 0.5) is 5.69 Å². The second-order valence-corrected chi connectivity index (χ2v) is 7.42. The van der Waals surface area contributed by atoms with Crippen LogP contribution in [0.3, 0.4) is 0 Å². The van der Waals surface area contributed by atoms with Gasteiger partial charge in [-0.1, -0.05) is 0 Å². The van der Waals surface area contributed by atoms with Gasteiger partial charge in [0, 0.05) is 17.0 Å². The van der Waals surface area contributed by atoms with Gasteiger partial charge in [-0.2, -0.15) is 0 Å². The molecule has 0 aliphatic heterocycles. The summed E-state index contributed by atoms with van der Waals surface area (Å²) in [6.45, 7) is 0.415. The summed E-state index contributed by atoms with van der Waals surface area (Å²) in [6, 6.07) is 5.41. The fourth-order valence-electron chi connectivity index (χ4n) is 2.11. The van der Waals surface area contributed by atoms with Crippen molar-refractivity contribution in [1.82, 2.24) is 9.88 Å². The molecule has 0 aromatic carbocycles. The highest BCUT2D eigenvalue weighted by Gasteiger charge is 2.30. The van der Waals surface area contributed by atoms with Gasteiger partial charge < -0.3 is 9.88 Å². The third-order valence-corrected chi connectivity index (χ3v) is 4.89. The second-order valence-electron chi connectivity index (χ2n) is 4.87. The molecule has 1 N–H and O–H groups in total. The monoisotopic (exact) mass is 369 g/mol. The molecule has 1 fully saturated rings. The summed E-state index contributed by atoms with van der Waals surface area (Å²) in [6.07, 6.45) is 3.38. The zero-order valence-corrected chi connectivity index (χ0v) is 13.3. The van der Waals surface area contributed by atoms with Crippen LogP contribution in [-0.4, -0.2) is 15.4 Å². The molecular weight excluding hydrogens is 358 g/mol. The van der Waals surface area contributed by atoms with Crippen LogP contribution in [0.5, 0.6) is 0 Å². The number of amides is 1. The number of nitro groups is 1. The Hall–Kier alpha value is -1.67. The molecule has 2 heterocycles. The Morgan fingerprint density at radius 1 is 1.52 bits per heavy atom. The zero-order chi connectivity index (χ0) is 15.0. The van der Waals surface area contributed by atoms with Gasteiger partial charge in [-0.3, -0.25) is 14.9 Å². The highest BCUT2D eigenvalue weighted by atomic mass is 79.9. The van der Waals surface area contributed by atoms with Crippen molar-refractivity contribution >= 4 is 38.9 Å². The number of hydrogen-bond acceptors (Lipinski definition) is 4. The molecule has 8 heteroatoms. The number of hydrogen-bond donors (Lipinski definition) is 1. The first kappa shape index (κ1) is 14.3. The molecule has 6 nitrogen and oxygen atoms in total. The Morgan fingerprint density at radius 3 is 2.86 bits per heavy atom. The molecule has 0 unspecified atom stereocenters. The van der Waals surface area contributed by atoms with Gasteiger partial charge in [0.2, 0.25) is 0 Å². The van der Waals surface area contributed by atoms with Crippen LogP contribution in [-0.2, 0) is 6.54 Å². The van der Waals surface area contributed by atoms with E-state index in [0.29, 0.717) is 12.2 Å². The van der Waals surface area contributed by atoms with Gasteiger partial charge in [-0.05, 0) is 40.9 Å². The van der Waals surface area contributed by atoms with E-state index in [1.54, 1.807) is 15.9 Å². The number of halogens is 1. The lowest BCUT2D eigenvalue weighted by Gasteiger charge is -2.07. The summed E-state index contributed by atoms with van der Waals surface area (Å²) in [5, 5.41) is 13.7. The summed E-state index contributed by atoms with van der Waals surface area (Å²) in [7, 11) is 0. The minimum atomic E-state index is -0.466.